The maximum atomic E-state index is 12.0. The van der Waals surface area contributed by atoms with E-state index < -0.39 is 0 Å². The van der Waals surface area contributed by atoms with E-state index in [0.29, 0.717) is 25.7 Å². The highest BCUT2D eigenvalue weighted by Crippen LogP contribution is 2.30. The Labute approximate surface area is 132 Å². The van der Waals surface area contributed by atoms with Crippen molar-refractivity contribution in [3.63, 3.8) is 0 Å². The van der Waals surface area contributed by atoms with Crippen LogP contribution in [0.4, 0.5) is 4.79 Å². The summed E-state index contributed by atoms with van der Waals surface area (Å²) in [5.41, 5.74) is 1.03. The second-order valence-corrected chi connectivity index (χ2v) is 6.10. The SMILES string of the molecule is CC(C)CCCNC(=O)N(C)Cc1ccc2c(c1)OCCO2. The third-order valence-corrected chi connectivity index (χ3v) is 3.61. The molecule has 0 aliphatic carbocycles. The lowest BCUT2D eigenvalue weighted by atomic mass is 10.1. The number of hydrogen-bond acceptors (Lipinski definition) is 3. The van der Waals surface area contributed by atoms with Crippen LogP contribution in [0.3, 0.4) is 0 Å². The summed E-state index contributed by atoms with van der Waals surface area (Å²) in [4.78, 5) is 13.7. The summed E-state index contributed by atoms with van der Waals surface area (Å²) in [6, 6.07) is 5.77. The molecule has 1 heterocycles. The molecule has 0 aromatic heterocycles. The van der Waals surface area contributed by atoms with Crippen molar-refractivity contribution < 1.29 is 14.3 Å². The minimum absolute atomic E-state index is 0.0429. The molecule has 2 rings (SSSR count). The van der Waals surface area contributed by atoms with Gasteiger partial charge in [0.15, 0.2) is 11.5 Å². The Hall–Kier alpha value is -1.91. The van der Waals surface area contributed by atoms with E-state index in [-0.39, 0.29) is 6.03 Å². The largest absolute Gasteiger partial charge is 0.486 e. The molecule has 22 heavy (non-hydrogen) atoms. The summed E-state index contributed by atoms with van der Waals surface area (Å²) in [5.74, 6) is 2.21. The molecular formula is C17H26N2O3. The molecule has 0 unspecified atom stereocenters. The van der Waals surface area contributed by atoms with Crippen LogP contribution in [-0.4, -0.2) is 37.7 Å². The van der Waals surface area contributed by atoms with Gasteiger partial charge in [-0.25, -0.2) is 4.79 Å². The average molecular weight is 306 g/mol. The van der Waals surface area contributed by atoms with E-state index in [1.807, 2.05) is 18.2 Å². The number of fused-ring (bicyclic) bond motifs is 1. The molecule has 0 spiro atoms. The van der Waals surface area contributed by atoms with Gasteiger partial charge in [0, 0.05) is 20.1 Å². The predicted octanol–water partition coefficient (Wildman–Crippen LogP) is 3.04. The van der Waals surface area contributed by atoms with Crippen molar-refractivity contribution in [3.05, 3.63) is 23.8 Å². The second-order valence-electron chi connectivity index (χ2n) is 6.10. The van der Waals surface area contributed by atoms with Crippen LogP contribution >= 0.6 is 0 Å². The first kappa shape index (κ1) is 16.5. The number of nitrogens with one attached hydrogen (secondary N) is 1. The number of amides is 2. The molecule has 0 bridgehead atoms. The zero-order valence-corrected chi connectivity index (χ0v) is 13.7. The summed E-state index contributed by atoms with van der Waals surface area (Å²) in [6.07, 6.45) is 2.15. The lowest BCUT2D eigenvalue weighted by Gasteiger charge is -2.21. The Morgan fingerprint density at radius 2 is 2.00 bits per heavy atom. The van der Waals surface area contributed by atoms with E-state index in [4.69, 9.17) is 9.47 Å². The Morgan fingerprint density at radius 3 is 2.73 bits per heavy atom. The highest BCUT2D eigenvalue weighted by atomic mass is 16.6. The van der Waals surface area contributed by atoms with E-state index in [1.165, 1.54) is 0 Å². The number of urea groups is 1. The first-order valence-electron chi connectivity index (χ1n) is 7.93. The van der Waals surface area contributed by atoms with E-state index in [0.717, 1.165) is 36.4 Å². The summed E-state index contributed by atoms with van der Waals surface area (Å²) >= 11 is 0. The highest BCUT2D eigenvalue weighted by Gasteiger charge is 2.14. The molecular weight excluding hydrogens is 280 g/mol. The van der Waals surface area contributed by atoms with Gasteiger partial charge in [-0.05, 0) is 36.5 Å². The van der Waals surface area contributed by atoms with Crippen LogP contribution in [-0.2, 0) is 6.54 Å². The monoisotopic (exact) mass is 306 g/mol. The molecule has 0 fully saturated rings. The van der Waals surface area contributed by atoms with E-state index in [9.17, 15) is 4.79 Å². The molecule has 1 aromatic rings. The molecule has 0 saturated carbocycles. The van der Waals surface area contributed by atoms with Crippen molar-refractivity contribution in [2.24, 2.45) is 5.92 Å². The van der Waals surface area contributed by atoms with Crippen molar-refractivity contribution in [2.45, 2.75) is 33.2 Å². The molecule has 1 aliphatic rings. The smallest absolute Gasteiger partial charge is 0.317 e. The molecule has 1 aromatic carbocycles. The number of nitrogens with zero attached hydrogens (tertiary/aromatic N) is 1. The first-order valence-corrected chi connectivity index (χ1v) is 7.93. The highest BCUT2D eigenvalue weighted by molar-refractivity contribution is 5.73. The normalized spacial score (nSPS) is 13.1. The van der Waals surface area contributed by atoms with Crippen molar-refractivity contribution in [1.29, 1.82) is 0 Å². The molecule has 122 valence electrons. The number of hydrogen-bond donors (Lipinski definition) is 1. The van der Waals surface area contributed by atoms with Crippen molar-refractivity contribution in [1.82, 2.24) is 10.2 Å². The molecule has 0 atom stereocenters. The number of carbonyl (C=O) groups is 1. The van der Waals surface area contributed by atoms with E-state index >= 15 is 0 Å². The molecule has 5 heteroatoms. The predicted molar refractivity (Wildman–Crippen MR) is 86.4 cm³/mol. The number of rotatable bonds is 6. The number of benzene rings is 1. The molecule has 0 saturated heterocycles. The Bertz CT molecular complexity index is 503. The van der Waals surface area contributed by atoms with Crippen LogP contribution < -0.4 is 14.8 Å². The van der Waals surface area contributed by atoms with Crippen molar-refractivity contribution in [3.8, 4) is 11.5 Å². The minimum atomic E-state index is -0.0429. The van der Waals surface area contributed by atoms with Gasteiger partial charge in [0.05, 0.1) is 0 Å². The lowest BCUT2D eigenvalue weighted by Crippen LogP contribution is -2.37. The molecule has 1 aliphatic heterocycles. The van der Waals surface area contributed by atoms with E-state index in [1.54, 1.807) is 11.9 Å². The van der Waals surface area contributed by atoms with Gasteiger partial charge in [-0.15, -0.1) is 0 Å². The summed E-state index contributed by atoms with van der Waals surface area (Å²) in [5, 5.41) is 2.95. The van der Waals surface area contributed by atoms with Crippen LogP contribution in [0.2, 0.25) is 0 Å². The second kappa shape index (κ2) is 7.92. The van der Waals surface area contributed by atoms with Crippen LogP contribution in [0.1, 0.15) is 32.3 Å². The number of ether oxygens (including phenoxy) is 2. The van der Waals surface area contributed by atoms with Crippen LogP contribution in [0.5, 0.6) is 11.5 Å². The van der Waals surface area contributed by atoms with Gasteiger partial charge in [-0.3, -0.25) is 0 Å². The zero-order chi connectivity index (χ0) is 15.9. The topological polar surface area (TPSA) is 50.8 Å². The van der Waals surface area contributed by atoms with Crippen molar-refractivity contribution in [2.75, 3.05) is 26.8 Å². The average Bonchev–Trinajstić information content (AvgIpc) is 2.51. The van der Waals surface area contributed by atoms with Gasteiger partial charge in [-0.2, -0.15) is 0 Å². The van der Waals surface area contributed by atoms with Gasteiger partial charge in [0.2, 0.25) is 0 Å². The van der Waals surface area contributed by atoms with Gasteiger partial charge >= 0.3 is 6.03 Å². The zero-order valence-electron chi connectivity index (χ0n) is 13.7. The van der Waals surface area contributed by atoms with Gasteiger partial charge in [0.1, 0.15) is 13.2 Å². The summed E-state index contributed by atoms with van der Waals surface area (Å²) < 4.78 is 11.1. The Kier molecular flexibility index (Phi) is 5.92. The molecule has 2 amide bonds. The van der Waals surface area contributed by atoms with Gasteiger partial charge in [0.25, 0.3) is 0 Å². The maximum absolute atomic E-state index is 12.0. The Balaban J connectivity index is 1.80. The molecule has 5 nitrogen and oxygen atoms in total. The van der Waals surface area contributed by atoms with Crippen LogP contribution in [0, 0.1) is 5.92 Å². The van der Waals surface area contributed by atoms with Gasteiger partial charge in [-0.1, -0.05) is 19.9 Å². The fourth-order valence-corrected chi connectivity index (χ4v) is 2.37. The van der Waals surface area contributed by atoms with E-state index in [2.05, 4.69) is 19.2 Å². The number of carbonyl (C=O) groups excluding carboxylic acids is 1. The van der Waals surface area contributed by atoms with Gasteiger partial charge < -0.3 is 19.7 Å². The fourth-order valence-electron chi connectivity index (χ4n) is 2.37. The fraction of sp³-hybridized carbons (Fsp3) is 0.588. The third kappa shape index (κ3) is 4.83. The quantitative estimate of drug-likeness (QED) is 0.822. The first-order chi connectivity index (χ1) is 10.6. The Morgan fingerprint density at radius 1 is 1.27 bits per heavy atom. The van der Waals surface area contributed by atoms with Crippen LogP contribution in [0.15, 0.2) is 18.2 Å². The maximum Gasteiger partial charge on any atom is 0.317 e. The standard InChI is InChI=1S/C17H26N2O3/c1-13(2)5-4-8-18-17(20)19(3)12-14-6-7-15-16(11-14)22-10-9-21-15/h6-7,11,13H,4-5,8-10,12H2,1-3H3,(H,18,20). The minimum Gasteiger partial charge on any atom is -0.486 e. The summed E-state index contributed by atoms with van der Waals surface area (Å²) in [7, 11) is 1.80. The molecule has 0 radical (unpaired) electrons. The lowest BCUT2D eigenvalue weighted by molar-refractivity contribution is 0.171. The van der Waals surface area contributed by atoms with Crippen molar-refractivity contribution >= 4 is 6.03 Å². The third-order valence-electron chi connectivity index (χ3n) is 3.61. The summed E-state index contributed by atoms with van der Waals surface area (Å²) in [6.45, 7) is 6.81. The molecule has 1 N–H and O–H groups in total. The van der Waals surface area contributed by atoms with Crippen LogP contribution in [0.25, 0.3) is 0 Å².